The van der Waals surface area contributed by atoms with Gasteiger partial charge in [0.25, 0.3) is 5.56 Å². The van der Waals surface area contributed by atoms with Crippen molar-refractivity contribution in [2.45, 2.75) is 46.1 Å². The van der Waals surface area contributed by atoms with Crippen molar-refractivity contribution in [1.29, 1.82) is 0 Å². The van der Waals surface area contributed by atoms with Crippen molar-refractivity contribution in [3.8, 4) is 10.4 Å². The number of thiophene rings is 2. The Hall–Kier alpha value is -1.99. The van der Waals surface area contributed by atoms with E-state index in [2.05, 4.69) is 0 Å². The number of carboxylic acids is 1. The molecular weight excluding hydrogens is 356 g/mol. The fraction of sp³-hybridized carbons (Fsp3) is 0.389. The molecule has 0 bridgehead atoms. The number of hydrogen-bond donors (Lipinski definition) is 1. The third-order valence-electron chi connectivity index (χ3n) is 4.29. The maximum Gasteiger partial charge on any atom is 0.329 e. The van der Waals surface area contributed by atoms with Crippen LogP contribution in [0.25, 0.3) is 20.7 Å². The van der Waals surface area contributed by atoms with E-state index in [1.165, 1.54) is 15.9 Å². The first-order valence-electron chi connectivity index (χ1n) is 8.00. The molecular formula is C18H20N2O3S2. The maximum absolute atomic E-state index is 13.4. The maximum atomic E-state index is 13.4. The average molecular weight is 377 g/mol. The second-order valence-corrected chi connectivity index (χ2v) is 8.97. The zero-order valence-electron chi connectivity index (χ0n) is 14.8. The van der Waals surface area contributed by atoms with Crippen LogP contribution in [0.3, 0.4) is 0 Å². The number of carbonyl (C=O) groups is 1. The summed E-state index contributed by atoms with van der Waals surface area (Å²) in [7, 11) is 0. The lowest BCUT2D eigenvalue weighted by Crippen LogP contribution is -2.45. The van der Waals surface area contributed by atoms with Crippen LogP contribution >= 0.6 is 22.7 Å². The third kappa shape index (κ3) is 2.71. The number of aryl methyl sites for hydroxylation is 1. The van der Waals surface area contributed by atoms with Crippen molar-refractivity contribution in [1.82, 2.24) is 9.55 Å². The van der Waals surface area contributed by atoms with Crippen molar-refractivity contribution < 1.29 is 9.90 Å². The van der Waals surface area contributed by atoms with Gasteiger partial charge in [0.15, 0.2) is 0 Å². The van der Waals surface area contributed by atoms with Gasteiger partial charge in [-0.05, 0) is 32.2 Å². The van der Waals surface area contributed by atoms with E-state index in [1.54, 1.807) is 25.2 Å². The van der Waals surface area contributed by atoms with Crippen LogP contribution in [-0.4, -0.2) is 20.6 Å². The molecule has 25 heavy (non-hydrogen) atoms. The largest absolute Gasteiger partial charge is 0.480 e. The van der Waals surface area contributed by atoms with Crippen molar-refractivity contribution in [2.75, 3.05) is 0 Å². The molecule has 0 saturated heterocycles. The molecule has 0 spiro atoms. The number of nitrogens with zero attached hydrogens (tertiary/aromatic N) is 2. The zero-order valence-corrected chi connectivity index (χ0v) is 16.4. The Kier molecular flexibility index (Phi) is 4.33. The van der Waals surface area contributed by atoms with Crippen LogP contribution in [0.2, 0.25) is 0 Å². The van der Waals surface area contributed by atoms with E-state index in [0.29, 0.717) is 16.0 Å². The monoisotopic (exact) mass is 376 g/mol. The molecule has 0 aliphatic heterocycles. The van der Waals surface area contributed by atoms with E-state index < -0.39 is 11.5 Å². The molecule has 3 heterocycles. The summed E-state index contributed by atoms with van der Waals surface area (Å²) in [4.78, 5) is 32.6. The number of aromatic nitrogens is 2. The minimum absolute atomic E-state index is 0.0664. The van der Waals surface area contributed by atoms with E-state index in [0.717, 1.165) is 15.3 Å². The van der Waals surface area contributed by atoms with E-state index in [9.17, 15) is 14.7 Å². The molecule has 0 fully saturated rings. The predicted molar refractivity (Wildman–Crippen MR) is 103 cm³/mol. The molecule has 1 N–H and O–H groups in total. The summed E-state index contributed by atoms with van der Waals surface area (Å²) < 4.78 is 1.35. The molecule has 3 rings (SSSR count). The summed E-state index contributed by atoms with van der Waals surface area (Å²) in [5.74, 6) is -0.616. The normalized spacial score (nSPS) is 12.2. The summed E-state index contributed by atoms with van der Waals surface area (Å²) in [6.07, 6.45) is 0. The van der Waals surface area contributed by atoms with Crippen LogP contribution in [0.1, 0.15) is 44.3 Å². The van der Waals surface area contributed by atoms with Crippen LogP contribution in [0.5, 0.6) is 0 Å². The average Bonchev–Trinajstić information content (AvgIpc) is 3.12. The lowest BCUT2D eigenvalue weighted by atomic mass is 10.0. The predicted octanol–water partition coefficient (Wildman–Crippen LogP) is 4.44. The van der Waals surface area contributed by atoms with E-state index in [1.807, 2.05) is 38.3 Å². The molecule has 5 nitrogen and oxygen atoms in total. The van der Waals surface area contributed by atoms with Gasteiger partial charge in [-0.25, -0.2) is 9.78 Å². The fourth-order valence-corrected chi connectivity index (χ4v) is 4.85. The lowest BCUT2D eigenvalue weighted by molar-refractivity contribution is -0.146. The molecule has 3 aromatic heterocycles. The summed E-state index contributed by atoms with van der Waals surface area (Å²) in [5, 5.41) is 12.2. The van der Waals surface area contributed by atoms with Crippen molar-refractivity contribution in [3.05, 3.63) is 38.6 Å². The quantitative estimate of drug-likeness (QED) is 0.731. The van der Waals surface area contributed by atoms with E-state index >= 15 is 0 Å². The van der Waals surface area contributed by atoms with Gasteiger partial charge in [0.1, 0.15) is 16.2 Å². The molecule has 132 valence electrons. The first-order valence-corrected chi connectivity index (χ1v) is 9.69. The van der Waals surface area contributed by atoms with Crippen LogP contribution < -0.4 is 5.56 Å². The molecule has 0 amide bonds. The molecule has 0 saturated carbocycles. The van der Waals surface area contributed by atoms with Gasteiger partial charge in [-0.15, -0.1) is 22.7 Å². The van der Waals surface area contributed by atoms with Gasteiger partial charge in [-0.3, -0.25) is 9.36 Å². The summed E-state index contributed by atoms with van der Waals surface area (Å²) in [6, 6.07) is 3.92. The molecule has 0 atom stereocenters. The number of carboxylic acid groups (broad SMARTS) is 1. The van der Waals surface area contributed by atoms with Gasteiger partial charge >= 0.3 is 5.97 Å². The van der Waals surface area contributed by atoms with Crippen molar-refractivity contribution in [3.63, 3.8) is 0 Å². The van der Waals surface area contributed by atoms with Gasteiger partial charge < -0.3 is 5.11 Å². The van der Waals surface area contributed by atoms with Crippen molar-refractivity contribution in [2.24, 2.45) is 0 Å². The van der Waals surface area contributed by atoms with Crippen LogP contribution in [0.15, 0.2) is 22.3 Å². The van der Waals surface area contributed by atoms with Gasteiger partial charge in [-0.2, -0.15) is 0 Å². The first kappa shape index (κ1) is 17.8. The summed E-state index contributed by atoms with van der Waals surface area (Å²) in [5.41, 5.74) is -0.785. The zero-order chi connectivity index (χ0) is 18.5. The van der Waals surface area contributed by atoms with Crippen LogP contribution in [0.4, 0.5) is 0 Å². The smallest absolute Gasteiger partial charge is 0.329 e. The highest BCUT2D eigenvalue weighted by Gasteiger charge is 2.35. The van der Waals surface area contributed by atoms with Crippen molar-refractivity contribution >= 4 is 38.9 Å². The van der Waals surface area contributed by atoms with Gasteiger partial charge in [-0.1, -0.05) is 19.9 Å². The van der Waals surface area contributed by atoms with Crippen LogP contribution in [-0.2, 0) is 10.3 Å². The van der Waals surface area contributed by atoms with E-state index in [-0.39, 0.29) is 11.5 Å². The molecule has 7 heteroatoms. The fourth-order valence-electron chi connectivity index (χ4n) is 2.92. The Balaban J connectivity index is 2.49. The molecule has 0 radical (unpaired) electrons. The lowest BCUT2D eigenvalue weighted by Gasteiger charge is -2.27. The second-order valence-electron chi connectivity index (χ2n) is 6.82. The summed E-state index contributed by atoms with van der Waals surface area (Å²) >= 11 is 3.05. The van der Waals surface area contributed by atoms with Gasteiger partial charge in [0.05, 0.1) is 5.39 Å². The number of hydrogen-bond acceptors (Lipinski definition) is 5. The summed E-state index contributed by atoms with van der Waals surface area (Å²) in [6.45, 7) is 8.90. The van der Waals surface area contributed by atoms with E-state index in [4.69, 9.17) is 4.98 Å². The Morgan fingerprint density at radius 1 is 1.36 bits per heavy atom. The molecule has 0 aliphatic rings. The minimum Gasteiger partial charge on any atom is -0.480 e. The Morgan fingerprint density at radius 2 is 2.04 bits per heavy atom. The van der Waals surface area contributed by atoms with Gasteiger partial charge in [0, 0.05) is 21.2 Å². The number of aliphatic carboxylic acids is 1. The van der Waals surface area contributed by atoms with Crippen LogP contribution in [0, 0.1) is 6.92 Å². The molecule has 3 aromatic rings. The molecule has 0 aliphatic carbocycles. The number of fused-ring (bicyclic) bond motifs is 1. The second kappa shape index (κ2) is 6.07. The molecule has 0 unspecified atom stereocenters. The standard InChI is InChI=1S/C18H20N2O3S2/c1-9(2)14-19-15-13(16(21)20(14)18(4,5)17(22)23)12(10(3)25-15)11-7-6-8-24-11/h6-9H,1-5H3,(H,22,23). The highest BCUT2D eigenvalue weighted by Crippen LogP contribution is 2.38. The molecule has 0 aromatic carbocycles. The topological polar surface area (TPSA) is 72.2 Å². The van der Waals surface area contributed by atoms with Gasteiger partial charge in [0.2, 0.25) is 0 Å². The highest BCUT2D eigenvalue weighted by molar-refractivity contribution is 7.20. The Bertz CT molecular complexity index is 1010. The number of rotatable bonds is 4. The Morgan fingerprint density at radius 3 is 2.56 bits per heavy atom. The highest BCUT2D eigenvalue weighted by atomic mass is 32.1. The first-order chi connectivity index (χ1) is 11.7. The minimum atomic E-state index is -1.37. The third-order valence-corrected chi connectivity index (χ3v) is 6.18. The Labute approximate surface area is 153 Å². The SMILES string of the molecule is Cc1sc2nc(C(C)C)n(C(C)(C)C(=O)O)c(=O)c2c1-c1cccs1.